The summed E-state index contributed by atoms with van der Waals surface area (Å²) in [6.45, 7) is 5.24. The lowest BCUT2D eigenvalue weighted by Crippen LogP contribution is -2.50. The molecular formula is C20H28N4O2. The molecule has 4 heterocycles. The van der Waals surface area contributed by atoms with Crippen LogP contribution in [0.2, 0.25) is 0 Å². The van der Waals surface area contributed by atoms with E-state index in [4.69, 9.17) is 0 Å². The number of carbonyl (C=O) groups is 2. The Morgan fingerprint density at radius 2 is 1.85 bits per heavy atom. The van der Waals surface area contributed by atoms with Crippen LogP contribution in [0, 0.1) is 11.3 Å². The van der Waals surface area contributed by atoms with E-state index >= 15 is 0 Å². The molecule has 1 aromatic heterocycles. The number of hydrogen-bond donors (Lipinski definition) is 1. The second-order valence-corrected chi connectivity index (χ2v) is 8.08. The minimum atomic E-state index is -0.0507. The van der Waals surface area contributed by atoms with Gasteiger partial charge >= 0.3 is 0 Å². The van der Waals surface area contributed by atoms with Gasteiger partial charge in [0, 0.05) is 50.7 Å². The molecule has 1 aromatic rings. The predicted molar refractivity (Wildman–Crippen MR) is 98.6 cm³/mol. The Kier molecular flexibility index (Phi) is 4.94. The van der Waals surface area contributed by atoms with E-state index in [9.17, 15) is 9.59 Å². The Hall–Kier alpha value is -1.95. The normalized spacial score (nSPS) is 25.5. The molecule has 6 nitrogen and oxygen atoms in total. The molecule has 0 bridgehead atoms. The summed E-state index contributed by atoms with van der Waals surface area (Å²) in [4.78, 5) is 33.6. The average Bonchev–Trinajstić information content (AvgIpc) is 3.16. The number of pyridine rings is 1. The third-order valence-corrected chi connectivity index (χ3v) is 6.45. The van der Waals surface area contributed by atoms with E-state index in [0.717, 1.165) is 58.4 Å². The lowest BCUT2D eigenvalue weighted by molar-refractivity contribution is -0.139. The molecule has 3 fully saturated rings. The van der Waals surface area contributed by atoms with Crippen LogP contribution in [0.1, 0.15) is 42.5 Å². The Bertz CT molecular complexity index is 647. The van der Waals surface area contributed by atoms with Crippen LogP contribution in [-0.2, 0) is 4.79 Å². The highest BCUT2D eigenvalue weighted by atomic mass is 16.2. The fourth-order valence-corrected chi connectivity index (χ4v) is 4.72. The maximum absolute atomic E-state index is 13.0. The highest BCUT2D eigenvalue weighted by molar-refractivity contribution is 5.94. The van der Waals surface area contributed by atoms with Crippen LogP contribution >= 0.6 is 0 Å². The molecule has 1 N–H and O–H groups in total. The predicted octanol–water partition coefficient (Wildman–Crippen LogP) is 1.54. The van der Waals surface area contributed by atoms with Gasteiger partial charge in [-0.15, -0.1) is 0 Å². The summed E-state index contributed by atoms with van der Waals surface area (Å²) in [6.07, 6.45) is 8.53. The molecule has 26 heavy (non-hydrogen) atoms. The van der Waals surface area contributed by atoms with Crippen LogP contribution in [0.15, 0.2) is 24.5 Å². The molecule has 1 spiro atoms. The van der Waals surface area contributed by atoms with Gasteiger partial charge in [0.25, 0.3) is 5.91 Å². The second kappa shape index (κ2) is 7.35. The van der Waals surface area contributed by atoms with Crippen molar-refractivity contribution in [1.82, 2.24) is 20.1 Å². The van der Waals surface area contributed by atoms with Crippen molar-refractivity contribution in [2.75, 3.05) is 39.3 Å². The summed E-state index contributed by atoms with van der Waals surface area (Å²) in [6, 6.07) is 3.49. The fraction of sp³-hybridized carbons (Fsp3) is 0.650. The quantitative estimate of drug-likeness (QED) is 0.873. The summed E-state index contributed by atoms with van der Waals surface area (Å²) in [5, 5.41) is 3.47. The average molecular weight is 356 g/mol. The summed E-state index contributed by atoms with van der Waals surface area (Å²) in [7, 11) is 0. The van der Waals surface area contributed by atoms with Gasteiger partial charge < -0.3 is 15.1 Å². The number of aromatic nitrogens is 1. The Morgan fingerprint density at radius 1 is 1.08 bits per heavy atom. The SMILES string of the molecule is O=C(c1ccncc1)N1CCCC(C(=O)N2CCC3(CCNC3)CC2)C1. The van der Waals surface area contributed by atoms with Crippen molar-refractivity contribution in [3.63, 3.8) is 0 Å². The van der Waals surface area contributed by atoms with Crippen LogP contribution < -0.4 is 5.32 Å². The zero-order chi connectivity index (χ0) is 18.0. The molecular weight excluding hydrogens is 328 g/mol. The van der Waals surface area contributed by atoms with Crippen LogP contribution in [0.5, 0.6) is 0 Å². The first-order valence-corrected chi connectivity index (χ1v) is 9.86. The fourth-order valence-electron chi connectivity index (χ4n) is 4.72. The third kappa shape index (κ3) is 3.47. The Morgan fingerprint density at radius 3 is 2.54 bits per heavy atom. The summed E-state index contributed by atoms with van der Waals surface area (Å²) in [5.41, 5.74) is 1.08. The molecule has 0 saturated carbocycles. The molecule has 6 heteroatoms. The minimum Gasteiger partial charge on any atom is -0.342 e. The van der Waals surface area contributed by atoms with E-state index in [2.05, 4.69) is 15.2 Å². The van der Waals surface area contributed by atoms with Gasteiger partial charge in [-0.25, -0.2) is 0 Å². The van der Waals surface area contributed by atoms with Crippen molar-refractivity contribution in [3.8, 4) is 0 Å². The first-order valence-electron chi connectivity index (χ1n) is 9.86. The number of piperidine rings is 2. The Labute approximate surface area is 155 Å². The van der Waals surface area contributed by atoms with Crippen LogP contribution in [0.4, 0.5) is 0 Å². The second-order valence-electron chi connectivity index (χ2n) is 8.08. The molecule has 4 rings (SSSR count). The maximum atomic E-state index is 13.0. The number of likely N-dealkylation sites (tertiary alicyclic amines) is 2. The molecule has 3 aliphatic rings. The molecule has 0 aliphatic carbocycles. The first kappa shape index (κ1) is 17.5. The van der Waals surface area contributed by atoms with Crippen LogP contribution in [0.25, 0.3) is 0 Å². The number of nitrogens with one attached hydrogen (secondary N) is 1. The minimum absolute atomic E-state index is 0.0135. The number of hydrogen-bond acceptors (Lipinski definition) is 4. The number of carbonyl (C=O) groups excluding carboxylic acids is 2. The van der Waals surface area contributed by atoms with Crippen molar-refractivity contribution < 1.29 is 9.59 Å². The maximum Gasteiger partial charge on any atom is 0.253 e. The van der Waals surface area contributed by atoms with Gasteiger partial charge in [-0.3, -0.25) is 14.6 Å². The third-order valence-electron chi connectivity index (χ3n) is 6.45. The van der Waals surface area contributed by atoms with E-state index in [-0.39, 0.29) is 17.7 Å². The monoisotopic (exact) mass is 356 g/mol. The first-order chi connectivity index (χ1) is 12.7. The van der Waals surface area contributed by atoms with Gasteiger partial charge in [-0.2, -0.15) is 0 Å². The highest BCUT2D eigenvalue weighted by Crippen LogP contribution is 2.37. The topological polar surface area (TPSA) is 65.5 Å². The molecule has 1 atom stereocenters. The zero-order valence-corrected chi connectivity index (χ0v) is 15.3. The van der Waals surface area contributed by atoms with Crippen LogP contribution in [0.3, 0.4) is 0 Å². The highest BCUT2D eigenvalue weighted by Gasteiger charge is 2.40. The molecule has 0 radical (unpaired) electrons. The standard InChI is InChI=1S/C20H28N4O2/c25-18(16-3-8-21-9-4-16)24-11-1-2-17(14-24)19(26)23-12-6-20(7-13-23)5-10-22-15-20/h3-4,8-9,17,22H,1-2,5-7,10-15H2. The van der Waals surface area contributed by atoms with Crippen molar-refractivity contribution >= 4 is 11.8 Å². The van der Waals surface area contributed by atoms with Crippen molar-refractivity contribution in [1.29, 1.82) is 0 Å². The molecule has 0 aromatic carbocycles. The van der Waals surface area contributed by atoms with Crippen molar-refractivity contribution in [2.45, 2.75) is 32.1 Å². The molecule has 3 aliphatic heterocycles. The van der Waals surface area contributed by atoms with Gasteiger partial charge in [0.05, 0.1) is 5.92 Å². The van der Waals surface area contributed by atoms with E-state index in [1.807, 2.05) is 4.90 Å². The molecule has 3 saturated heterocycles. The molecule has 140 valence electrons. The van der Waals surface area contributed by atoms with E-state index in [1.54, 1.807) is 24.5 Å². The van der Waals surface area contributed by atoms with Gasteiger partial charge in [0.2, 0.25) is 5.91 Å². The number of amides is 2. The van der Waals surface area contributed by atoms with Crippen molar-refractivity contribution in [3.05, 3.63) is 30.1 Å². The smallest absolute Gasteiger partial charge is 0.253 e. The van der Waals surface area contributed by atoms with Crippen molar-refractivity contribution in [2.24, 2.45) is 11.3 Å². The summed E-state index contributed by atoms with van der Waals surface area (Å²) >= 11 is 0. The van der Waals surface area contributed by atoms with Gasteiger partial charge in [-0.1, -0.05) is 0 Å². The van der Waals surface area contributed by atoms with Gasteiger partial charge in [0.15, 0.2) is 0 Å². The van der Waals surface area contributed by atoms with E-state index in [0.29, 0.717) is 17.5 Å². The van der Waals surface area contributed by atoms with Gasteiger partial charge in [0.1, 0.15) is 0 Å². The van der Waals surface area contributed by atoms with E-state index < -0.39 is 0 Å². The largest absolute Gasteiger partial charge is 0.342 e. The molecule has 1 unspecified atom stereocenters. The van der Waals surface area contributed by atoms with Crippen LogP contribution in [-0.4, -0.2) is 65.9 Å². The van der Waals surface area contributed by atoms with E-state index in [1.165, 1.54) is 6.42 Å². The van der Waals surface area contributed by atoms with Gasteiger partial charge in [-0.05, 0) is 56.2 Å². The zero-order valence-electron chi connectivity index (χ0n) is 15.3. The molecule has 2 amide bonds. The summed E-state index contributed by atoms with van der Waals surface area (Å²) in [5.74, 6) is 0.211. The number of nitrogens with zero attached hydrogens (tertiary/aromatic N) is 3. The lowest BCUT2D eigenvalue weighted by atomic mass is 9.77. The number of rotatable bonds is 2. The summed E-state index contributed by atoms with van der Waals surface area (Å²) < 4.78 is 0. The lowest BCUT2D eigenvalue weighted by Gasteiger charge is -2.41. The Balaban J connectivity index is 1.35.